The Morgan fingerprint density at radius 2 is 2.13 bits per heavy atom. The standard InChI is InChI=1S/C17H12ClFN3O/c18-15-7-2-1-6-14(15)16-17(23-16,9-22-11-20-10-21-22)12-4-3-5-13(19)8-12/h1-8,10,16H,9H2/t16-,17-/m1/s1. The molecule has 2 aromatic carbocycles. The Bertz CT molecular complexity index is 839. The minimum absolute atomic E-state index is 0.268. The van der Waals surface area contributed by atoms with Crippen LogP contribution in [0, 0.1) is 12.1 Å². The van der Waals surface area contributed by atoms with E-state index in [1.165, 1.54) is 18.5 Å². The molecule has 2 heterocycles. The summed E-state index contributed by atoms with van der Waals surface area (Å²) in [5, 5.41) is 4.71. The lowest BCUT2D eigenvalue weighted by atomic mass is 9.91. The average molecular weight is 329 g/mol. The number of benzene rings is 2. The van der Waals surface area contributed by atoms with E-state index in [1.807, 2.05) is 30.3 Å². The molecule has 0 aliphatic carbocycles. The molecule has 3 aromatic rings. The number of ether oxygens (including phenoxy) is 1. The highest BCUT2D eigenvalue weighted by atomic mass is 35.5. The molecule has 0 spiro atoms. The lowest BCUT2D eigenvalue weighted by molar-refractivity contribution is 0.261. The van der Waals surface area contributed by atoms with Gasteiger partial charge in [0.05, 0.1) is 6.54 Å². The molecule has 0 amide bonds. The smallest absolute Gasteiger partial charge is 0.196 e. The third kappa shape index (κ3) is 2.52. The maximum atomic E-state index is 13.7. The van der Waals surface area contributed by atoms with Crippen LogP contribution in [0.15, 0.2) is 54.9 Å². The Labute approximate surface area is 137 Å². The van der Waals surface area contributed by atoms with E-state index in [2.05, 4.69) is 16.4 Å². The van der Waals surface area contributed by atoms with Crippen molar-refractivity contribution in [1.82, 2.24) is 14.8 Å². The van der Waals surface area contributed by atoms with Crippen molar-refractivity contribution in [2.75, 3.05) is 0 Å². The van der Waals surface area contributed by atoms with Crippen LogP contribution in [0.2, 0.25) is 5.02 Å². The molecule has 1 radical (unpaired) electrons. The molecule has 1 aliphatic heterocycles. The second-order valence-electron chi connectivity index (χ2n) is 5.44. The third-order valence-electron chi connectivity index (χ3n) is 4.00. The Balaban J connectivity index is 1.76. The van der Waals surface area contributed by atoms with Crippen molar-refractivity contribution >= 4 is 11.6 Å². The molecule has 115 valence electrons. The summed E-state index contributed by atoms with van der Waals surface area (Å²) < 4.78 is 21.3. The maximum absolute atomic E-state index is 13.7. The van der Waals surface area contributed by atoms with Gasteiger partial charge in [-0.2, -0.15) is 5.10 Å². The number of hydrogen-bond donors (Lipinski definition) is 0. The lowest BCUT2D eigenvalue weighted by Crippen LogP contribution is -2.20. The summed E-state index contributed by atoms with van der Waals surface area (Å²) in [5.41, 5.74) is 0.891. The SMILES string of the molecule is Fc1cccc([C@@]2(Cn3[c]ncn3)O[C@@H]2c2ccccc2Cl)c1. The molecule has 0 bridgehead atoms. The van der Waals surface area contributed by atoms with E-state index in [-0.39, 0.29) is 11.9 Å². The molecular formula is C17H12ClFN3O. The Hall–Kier alpha value is -2.24. The number of nitrogens with zero attached hydrogens (tertiary/aromatic N) is 3. The average Bonchev–Trinajstić information content (AvgIpc) is 3.02. The first kappa shape index (κ1) is 14.4. The number of epoxide rings is 1. The first-order valence-corrected chi connectivity index (χ1v) is 7.51. The van der Waals surface area contributed by atoms with Crippen LogP contribution >= 0.6 is 11.6 Å². The fourth-order valence-electron chi connectivity index (χ4n) is 2.87. The van der Waals surface area contributed by atoms with Gasteiger partial charge in [-0.15, -0.1) is 0 Å². The molecule has 23 heavy (non-hydrogen) atoms. The van der Waals surface area contributed by atoms with Crippen molar-refractivity contribution in [2.24, 2.45) is 0 Å². The molecule has 4 rings (SSSR count). The second-order valence-corrected chi connectivity index (χ2v) is 5.84. The van der Waals surface area contributed by atoms with E-state index in [0.29, 0.717) is 11.6 Å². The van der Waals surface area contributed by atoms with Gasteiger partial charge in [-0.1, -0.05) is 41.9 Å². The van der Waals surface area contributed by atoms with Gasteiger partial charge in [0.1, 0.15) is 23.8 Å². The Morgan fingerprint density at radius 3 is 2.87 bits per heavy atom. The topological polar surface area (TPSA) is 43.2 Å². The monoisotopic (exact) mass is 328 g/mol. The minimum atomic E-state index is -0.725. The molecule has 1 saturated heterocycles. The fourth-order valence-corrected chi connectivity index (χ4v) is 3.10. The summed E-state index contributed by atoms with van der Waals surface area (Å²) >= 11 is 6.29. The van der Waals surface area contributed by atoms with Crippen LogP contribution in [0.3, 0.4) is 0 Å². The molecule has 4 nitrogen and oxygen atoms in total. The lowest BCUT2D eigenvalue weighted by Gasteiger charge is -2.14. The number of aromatic nitrogens is 3. The van der Waals surface area contributed by atoms with Crippen LogP contribution in [0.1, 0.15) is 17.2 Å². The quantitative estimate of drug-likeness (QED) is 0.688. The summed E-state index contributed by atoms with van der Waals surface area (Å²) in [4.78, 5) is 3.83. The van der Waals surface area contributed by atoms with Gasteiger partial charge in [-0.3, -0.25) is 0 Å². The van der Waals surface area contributed by atoms with Gasteiger partial charge in [0.2, 0.25) is 0 Å². The van der Waals surface area contributed by atoms with Gasteiger partial charge in [0, 0.05) is 10.6 Å². The minimum Gasteiger partial charge on any atom is -0.354 e. The van der Waals surface area contributed by atoms with Crippen LogP contribution < -0.4 is 0 Å². The van der Waals surface area contributed by atoms with Gasteiger partial charge in [-0.25, -0.2) is 14.1 Å². The highest BCUT2D eigenvalue weighted by molar-refractivity contribution is 6.31. The predicted octanol–water partition coefficient (Wildman–Crippen LogP) is 3.54. The Kier molecular flexibility index (Phi) is 3.39. The molecule has 1 fully saturated rings. The van der Waals surface area contributed by atoms with Crippen LogP contribution in [-0.2, 0) is 16.9 Å². The van der Waals surface area contributed by atoms with Crippen LogP contribution in [0.4, 0.5) is 4.39 Å². The first-order valence-electron chi connectivity index (χ1n) is 7.13. The number of hydrogen-bond acceptors (Lipinski definition) is 3. The van der Waals surface area contributed by atoms with Crippen LogP contribution in [0.25, 0.3) is 0 Å². The summed E-state index contributed by atoms with van der Waals surface area (Å²) in [6.45, 7) is 0.381. The molecule has 0 unspecified atom stereocenters. The zero-order chi connectivity index (χ0) is 15.9. The first-order chi connectivity index (χ1) is 11.2. The molecule has 0 N–H and O–H groups in total. The zero-order valence-electron chi connectivity index (χ0n) is 12.0. The largest absolute Gasteiger partial charge is 0.354 e. The van der Waals surface area contributed by atoms with Gasteiger partial charge < -0.3 is 4.74 Å². The highest BCUT2D eigenvalue weighted by Gasteiger charge is 2.59. The summed E-state index contributed by atoms with van der Waals surface area (Å²) in [6.07, 6.45) is 3.89. The Morgan fingerprint density at radius 1 is 1.26 bits per heavy atom. The van der Waals surface area contributed by atoms with Gasteiger partial charge in [0.25, 0.3) is 0 Å². The van der Waals surface area contributed by atoms with Gasteiger partial charge in [-0.05, 0) is 23.8 Å². The van der Waals surface area contributed by atoms with Crippen molar-refractivity contribution in [2.45, 2.75) is 18.2 Å². The van der Waals surface area contributed by atoms with Crippen molar-refractivity contribution in [3.8, 4) is 0 Å². The molecule has 1 aliphatic rings. The second kappa shape index (κ2) is 5.44. The van der Waals surface area contributed by atoms with Gasteiger partial charge in [0.15, 0.2) is 6.33 Å². The van der Waals surface area contributed by atoms with E-state index in [0.717, 1.165) is 11.1 Å². The summed E-state index contributed by atoms with van der Waals surface area (Å²) in [5.74, 6) is -0.308. The number of halogens is 2. The molecule has 1 aromatic heterocycles. The maximum Gasteiger partial charge on any atom is 0.196 e. The van der Waals surface area contributed by atoms with Crippen LogP contribution in [0.5, 0.6) is 0 Å². The molecule has 0 saturated carbocycles. The predicted molar refractivity (Wildman–Crippen MR) is 82.2 cm³/mol. The molecular weight excluding hydrogens is 317 g/mol. The number of rotatable bonds is 4. The van der Waals surface area contributed by atoms with E-state index >= 15 is 0 Å². The molecule has 2 atom stereocenters. The van der Waals surface area contributed by atoms with Crippen LogP contribution in [-0.4, -0.2) is 14.8 Å². The fraction of sp³-hybridized carbons (Fsp3) is 0.176. The van der Waals surface area contributed by atoms with E-state index in [4.69, 9.17) is 16.3 Å². The van der Waals surface area contributed by atoms with Gasteiger partial charge >= 0.3 is 0 Å². The van der Waals surface area contributed by atoms with Crippen molar-refractivity contribution in [3.63, 3.8) is 0 Å². The third-order valence-corrected chi connectivity index (χ3v) is 4.35. The summed E-state index contributed by atoms with van der Waals surface area (Å²) in [7, 11) is 0. The van der Waals surface area contributed by atoms with E-state index in [1.54, 1.807) is 10.7 Å². The highest BCUT2D eigenvalue weighted by Crippen LogP contribution is 2.59. The van der Waals surface area contributed by atoms with E-state index < -0.39 is 5.60 Å². The zero-order valence-corrected chi connectivity index (χ0v) is 12.7. The normalized spacial score (nSPS) is 23.0. The van der Waals surface area contributed by atoms with Crippen molar-refractivity contribution < 1.29 is 9.13 Å². The summed E-state index contributed by atoms with van der Waals surface area (Å²) in [6, 6.07) is 13.9. The molecule has 6 heteroatoms. The van der Waals surface area contributed by atoms with Crippen molar-refractivity contribution in [3.05, 3.63) is 83.2 Å². The van der Waals surface area contributed by atoms with E-state index in [9.17, 15) is 4.39 Å². The van der Waals surface area contributed by atoms with Crippen molar-refractivity contribution in [1.29, 1.82) is 0 Å².